The summed E-state index contributed by atoms with van der Waals surface area (Å²) >= 11 is 7.29. The zero-order valence-electron chi connectivity index (χ0n) is 17.4. The van der Waals surface area contributed by atoms with Crippen LogP contribution < -0.4 is 4.90 Å². The van der Waals surface area contributed by atoms with E-state index < -0.39 is 9.84 Å². The van der Waals surface area contributed by atoms with Crippen molar-refractivity contribution in [2.24, 2.45) is 0 Å². The van der Waals surface area contributed by atoms with Crippen molar-refractivity contribution in [3.63, 3.8) is 0 Å². The molecule has 0 aliphatic carbocycles. The van der Waals surface area contributed by atoms with Gasteiger partial charge in [-0.3, -0.25) is 9.69 Å². The Morgan fingerprint density at radius 3 is 2.41 bits per heavy atom. The molecule has 3 aromatic carbocycles. The number of aryl methyl sites for hydroxylation is 1. The first-order valence-electron chi connectivity index (χ1n) is 10.0. The fourth-order valence-corrected chi connectivity index (χ4v) is 5.75. The molecule has 8 heteroatoms. The highest BCUT2D eigenvalue weighted by atomic mass is 35.5. The molecule has 0 fully saturated rings. The molecule has 1 aromatic heterocycles. The molecule has 0 atom stereocenters. The van der Waals surface area contributed by atoms with Gasteiger partial charge in [0.2, 0.25) is 5.91 Å². The van der Waals surface area contributed by atoms with Gasteiger partial charge in [-0.2, -0.15) is 0 Å². The molecule has 4 aromatic rings. The number of hydrogen-bond acceptors (Lipinski definition) is 5. The predicted octanol–water partition coefficient (Wildman–Crippen LogP) is 5.66. The molecule has 0 saturated heterocycles. The van der Waals surface area contributed by atoms with Crippen LogP contribution in [0.25, 0.3) is 10.2 Å². The van der Waals surface area contributed by atoms with E-state index in [1.165, 1.54) is 35.6 Å². The molecule has 4 rings (SSSR count). The van der Waals surface area contributed by atoms with E-state index in [0.717, 1.165) is 21.3 Å². The van der Waals surface area contributed by atoms with Gasteiger partial charge in [0, 0.05) is 11.4 Å². The highest BCUT2D eigenvalue weighted by Gasteiger charge is 2.24. The molecule has 0 bridgehead atoms. The summed E-state index contributed by atoms with van der Waals surface area (Å²) in [7, 11) is -3.62. The summed E-state index contributed by atoms with van der Waals surface area (Å²) in [5.74, 6) is -0.578. The number of aromatic nitrogens is 1. The minimum Gasteiger partial charge on any atom is -0.284 e. The lowest BCUT2D eigenvalue weighted by Crippen LogP contribution is -2.31. The minimum absolute atomic E-state index is 0.146. The SMILES string of the molecule is Cc1cccc2sc(N(Cc3ccccc3)C(=O)CCS(=O)(=O)c3ccc(Cl)cc3)nc12. The van der Waals surface area contributed by atoms with Crippen molar-refractivity contribution in [1.29, 1.82) is 0 Å². The van der Waals surface area contributed by atoms with Gasteiger partial charge in [-0.05, 0) is 48.4 Å². The lowest BCUT2D eigenvalue weighted by molar-refractivity contribution is -0.118. The van der Waals surface area contributed by atoms with Crippen molar-refractivity contribution in [3.05, 3.63) is 88.9 Å². The van der Waals surface area contributed by atoms with Crippen molar-refractivity contribution in [1.82, 2.24) is 4.98 Å². The summed E-state index contributed by atoms with van der Waals surface area (Å²) in [5, 5.41) is 1.02. The number of carbonyl (C=O) groups is 1. The number of fused-ring (bicyclic) bond motifs is 1. The summed E-state index contributed by atoms with van der Waals surface area (Å²) in [6, 6.07) is 21.5. The normalized spacial score (nSPS) is 11.6. The molecule has 5 nitrogen and oxygen atoms in total. The lowest BCUT2D eigenvalue weighted by atomic mass is 10.2. The van der Waals surface area contributed by atoms with Gasteiger partial charge in [-0.1, -0.05) is 65.4 Å². The van der Waals surface area contributed by atoms with Crippen LogP contribution in [0.5, 0.6) is 0 Å². The van der Waals surface area contributed by atoms with Crippen molar-refractivity contribution in [2.75, 3.05) is 10.7 Å². The molecule has 0 aliphatic rings. The largest absolute Gasteiger partial charge is 0.284 e. The molecule has 0 saturated carbocycles. The number of sulfone groups is 1. The van der Waals surface area contributed by atoms with Crippen LogP contribution in [0.1, 0.15) is 17.5 Å². The third kappa shape index (κ3) is 5.01. The number of carbonyl (C=O) groups excluding carboxylic acids is 1. The van der Waals surface area contributed by atoms with E-state index in [2.05, 4.69) is 0 Å². The van der Waals surface area contributed by atoms with Crippen LogP contribution >= 0.6 is 22.9 Å². The van der Waals surface area contributed by atoms with Crippen molar-refractivity contribution >= 4 is 54.0 Å². The molecule has 0 spiro atoms. The van der Waals surface area contributed by atoms with Crippen LogP contribution in [0.2, 0.25) is 5.02 Å². The first-order chi connectivity index (χ1) is 15.3. The third-order valence-corrected chi connectivity index (χ3v) is 8.11. The molecule has 164 valence electrons. The van der Waals surface area contributed by atoms with E-state index in [1.807, 2.05) is 55.5 Å². The Morgan fingerprint density at radius 2 is 1.72 bits per heavy atom. The predicted molar refractivity (Wildman–Crippen MR) is 130 cm³/mol. The molecule has 0 unspecified atom stereocenters. The maximum atomic E-state index is 13.2. The van der Waals surface area contributed by atoms with Gasteiger partial charge in [0.15, 0.2) is 15.0 Å². The highest BCUT2D eigenvalue weighted by molar-refractivity contribution is 7.91. The molecule has 32 heavy (non-hydrogen) atoms. The summed E-state index contributed by atoms with van der Waals surface area (Å²) < 4.78 is 26.4. The Kier molecular flexibility index (Phi) is 6.60. The van der Waals surface area contributed by atoms with Crippen LogP contribution in [-0.4, -0.2) is 25.1 Å². The van der Waals surface area contributed by atoms with Crippen LogP contribution in [0.15, 0.2) is 77.7 Å². The third-order valence-electron chi connectivity index (χ3n) is 5.08. The molecular weight excluding hydrogens is 464 g/mol. The van der Waals surface area contributed by atoms with Gasteiger partial charge in [0.05, 0.1) is 27.4 Å². The second-order valence-corrected chi connectivity index (χ2v) is 11.0. The first kappa shape index (κ1) is 22.5. The average molecular weight is 485 g/mol. The molecule has 0 radical (unpaired) electrons. The average Bonchev–Trinajstić information content (AvgIpc) is 3.22. The number of benzene rings is 3. The number of anilines is 1. The van der Waals surface area contributed by atoms with E-state index in [9.17, 15) is 13.2 Å². The van der Waals surface area contributed by atoms with E-state index in [1.54, 1.807) is 4.90 Å². The van der Waals surface area contributed by atoms with E-state index in [-0.39, 0.29) is 23.0 Å². The zero-order valence-corrected chi connectivity index (χ0v) is 19.8. The lowest BCUT2D eigenvalue weighted by Gasteiger charge is -2.20. The number of hydrogen-bond donors (Lipinski definition) is 0. The van der Waals surface area contributed by atoms with E-state index >= 15 is 0 Å². The highest BCUT2D eigenvalue weighted by Crippen LogP contribution is 2.32. The Labute approximate surface area is 196 Å². The maximum Gasteiger partial charge on any atom is 0.230 e. The fraction of sp³-hybridized carbons (Fsp3) is 0.167. The quantitative estimate of drug-likeness (QED) is 0.339. The van der Waals surface area contributed by atoms with Gasteiger partial charge in [-0.25, -0.2) is 13.4 Å². The number of rotatable bonds is 7. The van der Waals surface area contributed by atoms with E-state index in [4.69, 9.17) is 16.6 Å². The Bertz CT molecular complexity index is 1350. The summed E-state index contributed by atoms with van der Waals surface area (Å²) in [6.07, 6.45) is -0.146. The van der Waals surface area contributed by atoms with Crippen molar-refractivity contribution in [2.45, 2.75) is 24.8 Å². The summed E-state index contributed by atoms with van der Waals surface area (Å²) in [5.41, 5.74) is 2.83. The fourth-order valence-electron chi connectivity index (χ4n) is 3.33. The smallest absolute Gasteiger partial charge is 0.230 e. The second kappa shape index (κ2) is 9.40. The standard InChI is InChI=1S/C24H21ClN2O3S2/c1-17-6-5-9-21-23(17)26-24(31-21)27(16-18-7-3-2-4-8-18)22(28)14-15-32(29,30)20-12-10-19(25)11-13-20/h2-13H,14-16H2,1H3. The number of thiazole rings is 1. The number of amides is 1. The Balaban J connectivity index is 1.61. The van der Waals surface area contributed by atoms with Crippen LogP contribution in [0.3, 0.4) is 0 Å². The molecule has 0 aliphatic heterocycles. The first-order valence-corrected chi connectivity index (χ1v) is 12.9. The maximum absolute atomic E-state index is 13.2. The van der Waals surface area contributed by atoms with Gasteiger partial charge in [0.1, 0.15) is 0 Å². The number of para-hydroxylation sites is 1. The van der Waals surface area contributed by atoms with Gasteiger partial charge in [-0.15, -0.1) is 0 Å². The van der Waals surface area contributed by atoms with Crippen LogP contribution in [0.4, 0.5) is 5.13 Å². The Hall–Kier alpha value is -2.74. The summed E-state index contributed by atoms with van der Waals surface area (Å²) in [6.45, 7) is 2.30. The van der Waals surface area contributed by atoms with Crippen molar-refractivity contribution in [3.8, 4) is 0 Å². The Morgan fingerprint density at radius 1 is 1.00 bits per heavy atom. The van der Waals surface area contributed by atoms with Gasteiger partial charge < -0.3 is 0 Å². The minimum atomic E-state index is -3.62. The van der Waals surface area contributed by atoms with Gasteiger partial charge >= 0.3 is 0 Å². The zero-order chi connectivity index (χ0) is 22.7. The van der Waals surface area contributed by atoms with Crippen LogP contribution in [-0.2, 0) is 21.2 Å². The molecule has 1 heterocycles. The molecular formula is C24H21ClN2O3S2. The summed E-state index contributed by atoms with van der Waals surface area (Å²) in [4.78, 5) is 19.7. The van der Waals surface area contributed by atoms with E-state index in [0.29, 0.717) is 16.7 Å². The van der Waals surface area contributed by atoms with Crippen molar-refractivity contribution < 1.29 is 13.2 Å². The van der Waals surface area contributed by atoms with Crippen LogP contribution in [0, 0.1) is 6.92 Å². The van der Waals surface area contributed by atoms with Gasteiger partial charge in [0.25, 0.3) is 0 Å². The molecule has 0 N–H and O–H groups in total. The monoisotopic (exact) mass is 484 g/mol. The molecule has 1 amide bonds. The topological polar surface area (TPSA) is 67.3 Å². The number of halogens is 1. The number of nitrogens with zero attached hydrogens (tertiary/aromatic N) is 2. The second-order valence-electron chi connectivity index (χ2n) is 7.41.